The van der Waals surface area contributed by atoms with Gasteiger partial charge in [-0.2, -0.15) is 0 Å². The van der Waals surface area contributed by atoms with E-state index < -0.39 is 0 Å². The van der Waals surface area contributed by atoms with Gasteiger partial charge in [0.15, 0.2) is 11.7 Å². The normalized spacial score (nSPS) is 29.0. The summed E-state index contributed by atoms with van der Waals surface area (Å²) in [5.74, 6) is 0.325. The molecule has 21 heavy (non-hydrogen) atoms. The van der Waals surface area contributed by atoms with E-state index in [-0.39, 0.29) is 35.9 Å². The van der Waals surface area contributed by atoms with Crippen LogP contribution in [0.25, 0.3) is 0 Å². The third-order valence-corrected chi connectivity index (χ3v) is 4.69. The van der Waals surface area contributed by atoms with Crippen LogP contribution < -0.4 is 5.73 Å². The van der Waals surface area contributed by atoms with Crippen molar-refractivity contribution in [1.29, 1.82) is 0 Å². The Hall–Kier alpha value is -0.0800. The molecule has 3 aliphatic rings. The molecule has 1 heterocycles. The fourth-order valence-electron chi connectivity index (χ4n) is 3.19. The molecule has 3 fully saturated rings. The minimum Gasteiger partial charge on any atom is -0.370 e. The molecule has 2 aliphatic carbocycles. The highest BCUT2D eigenvalue weighted by Gasteiger charge is 2.41. The fourth-order valence-corrected chi connectivity index (χ4v) is 3.19. The van der Waals surface area contributed by atoms with Crippen LogP contribution in [0.2, 0.25) is 0 Å². The first kappa shape index (κ1) is 17.3. The lowest BCUT2D eigenvalue weighted by Gasteiger charge is -2.26. The summed E-state index contributed by atoms with van der Waals surface area (Å²) in [6, 6.07) is 0.604. The number of halogens is 1. The quantitative estimate of drug-likeness (QED) is 0.442. The molecule has 0 aromatic heterocycles. The van der Waals surface area contributed by atoms with Crippen molar-refractivity contribution in [3.05, 3.63) is 0 Å². The molecule has 1 atom stereocenters. The van der Waals surface area contributed by atoms with Gasteiger partial charge in [-0.05, 0) is 25.7 Å². The van der Waals surface area contributed by atoms with Crippen LogP contribution >= 0.6 is 24.0 Å². The second-order valence-corrected chi connectivity index (χ2v) is 6.42. The summed E-state index contributed by atoms with van der Waals surface area (Å²) in [6.45, 7) is 1.27. The van der Waals surface area contributed by atoms with Gasteiger partial charge in [0.25, 0.3) is 0 Å². The average molecular weight is 409 g/mol. The van der Waals surface area contributed by atoms with Crippen LogP contribution in [0.4, 0.5) is 0 Å². The van der Waals surface area contributed by atoms with Gasteiger partial charge in [0.1, 0.15) is 6.10 Å². The molecule has 0 amide bonds. The topological polar surface area (TPSA) is 60.1 Å². The van der Waals surface area contributed by atoms with Crippen molar-refractivity contribution in [2.24, 2.45) is 10.7 Å². The van der Waals surface area contributed by atoms with E-state index in [1.165, 1.54) is 38.5 Å². The maximum atomic E-state index is 6.17. The number of hydrogen-bond donors (Lipinski definition) is 1. The molecular weight excluding hydrogens is 381 g/mol. The Morgan fingerprint density at radius 1 is 1.24 bits per heavy atom. The minimum atomic E-state index is -0.312. The van der Waals surface area contributed by atoms with Crippen LogP contribution in [-0.4, -0.2) is 49.0 Å². The molecule has 2 saturated carbocycles. The zero-order valence-corrected chi connectivity index (χ0v) is 15.3. The lowest BCUT2D eigenvalue weighted by atomic mass is 10.1. The van der Waals surface area contributed by atoms with E-state index in [4.69, 9.17) is 15.2 Å². The molecule has 122 valence electrons. The lowest BCUT2D eigenvalue weighted by Crippen LogP contribution is -2.36. The minimum absolute atomic E-state index is 0. The fraction of sp³-hybridized carbons (Fsp3) is 0.933. The van der Waals surface area contributed by atoms with Gasteiger partial charge >= 0.3 is 0 Å². The standard InChI is InChI=1S/C15H27N3O2.HI/c1-18(12-6-7-12)14(16)17-10-13-11-19-15(20-13)8-4-2-3-5-9-15;/h12-13H,2-11H2,1H3,(H2,16,17);1H. The summed E-state index contributed by atoms with van der Waals surface area (Å²) in [4.78, 5) is 6.56. The van der Waals surface area contributed by atoms with Crippen LogP contribution in [-0.2, 0) is 9.47 Å². The number of hydrogen-bond acceptors (Lipinski definition) is 3. The molecule has 3 rings (SSSR count). The Kier molecular flexibility index (Phi) is 6.14. The molecule has 0 radical (unpaired) electrons. The Morgan fingerprint density at radius 2 is 1.90 bits per heavy atom. The van der Waals surface area contributed by atoms with Crippen molar-refractivity contribution >= 4 is 29.9 Å². The largest absolute Gasteiger partial charge is 0.370 e. The van der Waals surface area contributed by atoms with Gasteiger partial charge in [0.05, 0.1) is 13.2 Å². The smallest absolute Gasteiger partial charge is 0.191 e. The van der Waals surface area contributed by atoms with Gasteiger partial charge in [0, 0.05) is 25.9 Å². The van der Waals surface area contributed by atoms with Gasteiger partial charge in [-0.3, -0.25) is 4.99 Å². The SMILES string of the molecule is CN(C(N)=NCC1COC2(CCCCCC2)O1)C1CC1.I. The second-order valence-electron chi connectivity index (χ2n) is 6.42. The van der Waals surface area contributed by atoms with E-state index in [9.17, 15) is 0 Å². The number of ether oxygens (including phenoxy) is 2. The molecular formula is C15H28IN3O2. The molecule has 1 unspecified atom stereocenters. The van der Waals surface area contributed by atoms with Crippen LogP contribution in [0.15, 0.2) is 4.99 Å². The first-order valence-corrected chi connectivity index (χ1v) is 8.03. The summed E-state index contributed by atoms with van der Waals surface area (Å²) in [7, 11) is 2.02. The summed E-state index contributed by atoms with van der Waals surface area (Å²) in [6.07, 6.45) is 9.63. The highest BCUT2D eigenvalue weighted by Crippen LogP contribution is 2.36. The Morgan fingerprint density at radius 3 is 2.52 bits per heavy atom. The molecule has 5 nitrogen and oxygen atoms in total. The predicted octanol–water partition coefficient (Wildman–Crippen LogP) is 2.48. The molecule has 0 aromatic rings. The van der Waals surface area contributed by atoms with Gasteiger partial charge in [-0.15, -0.1) is 24.0 Å². The summed E-state index contributed by atoms with van der Waals surface area (Å²) in [5.41, 5.74) is 6.01. The van der Waals surface area contributed by atoms with Gasteiger partial charge in [-0.25, -0.2) is 0 Å². The Bertz CT molecular complexity index is 366. The molecule has 2 N–H and O–H groups in total. The van der Waals surface area contributed by atoms with Crippen molar-refractivity contribution in [2.75, 3.05) is 20.2 Å². The van der Waals surface area contributed by atoms with Gasteiger partial charge in [0.2, 0.25) is 0 Å². The van der Waals surface area contributed by atoms with E-state index in [1.807, 2.05) is 7.05 Å². The third-order valence-electron chi connectivity index (χ3n) is 4.69. The van der Waals surface area contributed by atoms with Gasteiger partial charge < -0.3 is 20.1 Å². The predicted molar refractivity (Wildman–Crippen MR) is 93.9 cm³/mol. The Balaban J connectivity index is 0.00000161. The monoisotopic (exact) mass is 409 g/mol. The molecule has 1 saturated heterocycles. The molecule has 6 heteroatoms. The third kappa shape index (κ3) is 4.45. The maximum absolute atomic E-state index is 6.17. The summed E-state index contributed by atoms with van der Waals surface area (Å²) in [5, 5.41) is 0. The van der Waals surface area contributed by atoms with E-state index >= 15 is 0 Å². The molecule has 0 bridgehead atoms. The average Bonchev–Trinajstić information content (AvgIpc) is 3.23. The number of nitrogens with two attached hydrogens (primary N) is 1. The number of rotatable bonds is 3. The van der Waals surface area contributed by atoms with E-state index in [0.717, 1.165) is 12.8 Å². The molecule has 0 aromatic carbocycles. The van der Waals surface area contributed by atoms with E-state index in [1.54, 1.807) is 0 Å². The highest BCUT2D eigenvalue weighted by molar-refractivity contribution is 14.0. The van der Waals surface area contributed by atoms with Crippen molar-refractivity contribution in [3.63, 3.8) is 0 Å². The van der Waals surface area contributed by atoms with Crippen LogP contribution in [0.5, 0.6) is 0 Å². The van der Waals surface area contributed by atoms with Crippen LogP contribution in [0.3, 0.4) is 0 Å². The Labute approximate surface area is 144 Å². The number of nitrogens with zero attached hydrogens (tertiary/aromatic N) is 2. The van der Waals surface area contributed by atoms with E-state index in [0.29, 0.717) is 25.2 Å². The number of guanidine groups is 1. The first-order chi connectivity index (χ1) is 9.69. The van der Waals surface area contributed by atoms with Gasteiger partial charge in [-0.1, -0.05) is 12.8 Å². The van der Waals surface area contributed by atoms with E-state index in [2.05, 4.69) is 9.89 Å². The molecule has 1 aliphatic heterocycles. The van der Waals surface area contributed by atoms with Crippen molar-refractivity contribution in [2.45, 2.75) is 69.3 Å². The highest BCUT2D eigenvalue weighted by atomic mass is 127. The summed E-state index contributed by atoms with van der Waals surface area (Å²) >= 11 is 0. The van der Waals surface area contributed by atoms with Crippen LogP contribution in [0.1, 0.15) is 51.4 Å². The maximum Gasteiger partial charge on any atom is 0.191 e. The van der Waals surface area contributed by atoms with Crippen molar-refractivity contribution < 1.29 is 9.47 Å². The first-order valence-electron chi connectivity index (χ1n) is 8.03. The molecule has 1 spiro atoms. The van der Waals surface area contributed by atoms with Crippen molar-refractivity contribution in [1.82, 2.24) is 4.90 Å². The number of aliphatic imine (C=N–C) groups is 1. The second kappa shape index (κ2) is 7.46. The zero-order chi connectivity index (χ0) is 14.0. The summed E-state index contributed by atoms with van der Waals surface area (Å²) < 4.78 is 12.2. The lowest BCUT2D eigenvalue weighted by molar-refractivity contribution is -0.174. The zero-order valence-electron chi connectivity index (χ0n) is 12.9. The van der Waals surface area contributed by atoms with Crippen LogP contribution in [0, 0.1) is 0 Å². The van der Waals surface area contributed by atoms with Crippen molar-refractivity contribution in [3.8, 4) is 0 Å².